The maximum Gasteiger partial charge on any atom is 0.261 e. The first kappa shape index (κ1) is 30.1. The van der Waals surface area contributed by atoms with Gasteiger partial charge in [0.05, 0.1) is 17.9 Å². The van der Waals surface area contributed by atoms with Gasteiger partial charge >= 0.3 is 0 Å². The van der Waals surface area contributed by atoms with Crippen LogP contribution in [0.4, 0.5) is 31.8 Å². The van der Waals surface area contributed by atoms with E-state index in [9.17, 15) is 18.4 Å². The third-order valence-electron chi connectivity index (χ3n) is 7.90. The molecule has 1 saturated heterocycles. The molecule has 3 aromatic heterocycles. The van der Waals surface area contributed by atoms with E-state index in [1.807, 2.05) is 53.2 Å². The highest BCUT2D eigenvalue weighted by Gasteiger charge is 2.25. The highest BCUT2D eigenvalue weighted by atomic mass is 32.1. The summed E-state index contributed by atoms with van der Waals surface area (Å²) in [5, 5.41) is 7.79. The monoisotopic (exact) mass is 650 g/mol. The summed E-state index contributed by atoms with van der Waals surface area (Å²) in [6.07, 6.45) is 3.55. The Morgan fingerprint density at radius 3 is 2.55 bits per heavy atom. The van der Waals surface area contributed by atoms with Gasteiger partial charge in [-0.15, -0.1) is 11.3 Å². The predicted molar refractivity (Wildman–Crippen MR) is 178 cm³/mol. The van der Waals surface area contributed by atoms with Crippen LogP contribution in [-0.4, -0.2) is 62.2 Å². The lowest BCUT2D eigenvalue weighted by Crippen LogP contribution is -2.50. The molecule has 236 valence electrons. The third kappa shape index (κ3) is 6.05. The number of carbonyl (C=O) groups is 2. The van der Waals surface area contributed by atoms with Crippen LogP contribution in [-0.2, 0) is 4.79 Å². The maximum atomic E-state index is 14.2. The molecule has 13 heteroatoms. The first-order valence-electron chi connectivity index (χ1n) is 14.9. The number of anilines is 4. The molecular weight excluding hydrogens is 622 g/mol. The van der Waals surface area contributed by atoms with Crippen molar-refractivity contribution in [3.8, 4) is 22.6 Å². The summed E-state index contributed by atoms with van der Waals surface area (Å²) in [6, 6.07) is 19.6. The van der Waals surface area contributed by atoms with Crippen molar-refractivity contribution in [2.24, 2.45) is 0 Å². The van der Waals surface area contributed by atoms with Gasteiger partial charge in [0.2, 0.25) is 11.9 Å². The fourth-order valence-electron chi connectivity index (χ4n) is 5.58. The zero-order valence-electron chi connectivity index (χ0n) is 25.2. The van der Waals surface area contributed by atoms with Crippen molar-refractivity contribution in [3.63, 3.8) is 0 Å². The number of benzene rings is 3. The van der Waals surface area contributed by atoms with Crippen LogP contribution in [0.2, 0.25) is 0 Å². The zero-order valence-corrected chi connectivity index (χ0v) is 26.0. The van der Waals surface area contributed by atoms with Crippen molar-refractivity contribution in [2.75, 3.05) is 41.7 Å². The quantitative estimate of drug-likeness (QED) is 0.195. The molecule has 10 nitrogen and oxygen atoms in total. The highest BCUT2D eigenvalue weighted by Crippen LogP contribution is 2.35. The molecule has 4 heterocycles. The van der Waals surface area contributed by atoms with E-state index < -0.39 is 23.1 Å². The first-order chi connectivity index (χ1) is 22.9. The van der Waals surface area contributed by atoms with Crippen LogP contribution < -0.4 is 15.5 Å². The summed E-state index contributed by atoms with van der Waals surface area (Å²) in [5.41, 5.74) is 3.77. The van der Waals surface area contributed by atoms with E-state index in [1.54, 1.807) is 35.4 Å². The molecule has 0 bridgehead atoms. The molecule has 2 N–H and O–H groups in total. The van der Waals surface area contributed by atoms with E-state index >= 15 is 0 Å². The number of hydrogen-bond acceptors (Lipinski definition) is 8. The third-order valence-corrected chi connectivity index (χ3v) is 8.66. The van der Waals surface area contributed by atoms with Gasteiger partial charge in [0.15, 0.2) is 4.96 Å². The SMILES string of the molecule is CCN1CCN(c2cccc(Nc3nccc(-c4c(-c5cccc(NC(=O)c6c(F)cccc6F)c5)nc5sccn45)n3)c2)C(=O)C1. The van der Waals surface area contributed by atoms with Crippen LogP contribution in [0.3, 0.4) is 0 Å². The van der Waals surface area contributed by atoms with Crippen LogP contribution in [0, 0.1) is 11.6 Å². The Bertz CT molecular complexity index is 2110. The molecule has 0 radical (unpaired) electrons. The standard InChI is InChI=1S/C34H28F2N8O2S/c1-2-42-14-15-43(28(45)20-42)24-9-4-8-23(19-24)39-33-37-13-12-27(40-33)31-30(41-34-44(31)16-17-47-34)21-6-3-7-22(18-21)38-32(46)29-25(35)10-5-11-26(29)36/h3-13,16-19H,2,14-15,20H2,1H3,(H,38,46)(H,37,39,40). The normalized spacial score (nSPS) is 13.7. The minimum Gasteiger partial charge on any atom is -0.324 e. The van der Waals surface area contributed by atoms with Crippen LogP contribution in [0.1, 0.15) is 17.3 Å². The van der Waals surface area contributed by atoms with Gasteiger partial charge in [-0.2, -0.15) is 0 Å². The molecule has 7 rings (SSSR count). The lowest BCUT2D eigenvalue weighted by molar-refractivity contribution is -0.121. The Morgan fingerprint density at radius 2 is 1.74 bits per heavy atom. The zero-order chi connectivity index (χ0) is 32.5. The number of rotatable bonds is 8. The summed E-state index contributed by atoms with van der Waals surface area (Å²) in [5.74, 6) is -2.38. The van der Waals surface area contributed by atoms with E-state index in [-0.39, 0.29) is 5.91 Å². The number of hydrogen-bond donors (Lipinski definition) is 2. The van der Waals surface area contributed by atoms with Crippen molar-refractivity contribution in [3.05, 3.63) is 108 Å². The second kappa shape index (κ2) is 12.7. The second-order valence-corrected chi connectivity index (χ2v) is 11.7. The number of halogens is 2. The Balaban J connectivity index is 1.18. The summed E-state index contributed by atoms with van der Waals surface area (Å²) in [6.45, 7) is 4.71. The number of amides is 2. The Hall–Kier alpha value is -5.53. The number of likely N-dealkylation sites (N-methyl/N-ethyl adjacent to an activating group) is 1. The van der Waals surface area contributed by atoms with Gasteiger partial charge in [-0.3, -0.25) is 18.9 Å². The van der Waals surface area contributed by atoms with E-state index in [4.69, 9.17) is 9.97 Å². The van der Waals surface area contributed by atoms with Crippen molar-refractivity contribution in [1.82, 2.24) is 24.3 Å². The van der Waals surface area contributed by atoms with Crippen LogP contribution in [0.5, 0.6) is 0 Å². The van der Waals surface area contributed by atoms with E-state index in [0.29, 0.717) is 47.4 Å². The number of nitrogens with one attached hydrogen (secondary N) is 2. The number of piperazine rings is 1. The van der Waals surface area contributed by atoms with E-state index in [2.05, 4.69) is 20.5 Å². The minimum atomic E-state index is -0.946. The van der Waals surface area contributed by atoms with Gasteiger partial charge in [0.1, 0.15) is 22.9 Å². The molecule has 1 aliphatic rings. The van der Waals surface area contributed by atoms with Crippen LogP contribution in [0.25, 0.3) is 27.6 Å². The van der Waals surface area contributed by atoms with Crippen LogP contribution >= 0.6 is 11.3 Å². The number of carbonyl (C=O) groups excluding carboxylic acids is 2. The molecule has 1 aliphatic heterocycles. The Labute approximate surface area is 272 Å². The molecule has 1 fully saturated rings. The molecule has 47 heavy (non-hydrogen) atoms. The summed E-state index contributed by atoms with van der Waals surface area (Å²) >= 11 is 1.46. The lowest BCUT2D eigenvalue weighted by Gasteiger charge is -2.33. The predicted octanol–water partition coefficient (Wildman–Crippen LogP) is 6.46. The van der Waals surface area contributed by atoms with E-state index in [0.717, 1.165) is 41.6 Å². The molecule has 3 aromatic carbocycles. The van der Waals surface area contributed by atoms with Gasteiger partial charge in [-0.25, -0.2) is 23.7 Å². The summed E-state index contributed by atoms with van der Waals surface area (Å²) in [4.78, 5) is 44.3. The van der Waals surface area contributed by atoms with Gasteiger partial charge in [0.25, 0.3) is 5.91 Å². The van der Waals surface area contributed by atoms with Gasteiger partial charge in [-0.05, 0) is 55.1 Å². The molecule has 0 atom stereocenters. The van der Waals surface area contributed by atoms with Crippen molar-refractivity contribution < 1.29 is 18.4 Å². The number of aromatic nitrogens is 4. The summed E-state index contributed by atoms with van der Waals surface area (Å²) in [7, 11) is 0. The molecular formula is C34H28F2N8O2S. The molecule has 0 aliphatic carbocycles. The average Bonchev–Trinajstić information content (AvgIpc) is 3.67. The number of imidazole rings is 1. The highest BCUT2D eigenvalue weighted by molar-refractivity contribution is 7.15. The smallest absolute Gasteiger partial charge is 0.261 e. The fraction of sp³-hybridized carbons (Fsp3) is 0.147. The minimum absolute atomic E-state index is 0.0598. The van der Waals surface area contributed by atoms with Crippen molar-refractivity contribution in [2.45, 2.75) is 6.92 Å². The largest absolute Gasteiger partial charge is 0.324 e. The molecule has 0 saturated carbocycles. The first-order valence-corrected chi connectivity index (χ1v) is 15.8. The Kier molecular flexibility index (Phi) is 8.14. The maximum absolute atomic E-state index is 14.2. The van der Waals surface area contributed by atoms with Crippen LogP contribution in [0.15, 0.2) is 90.6 Å². The molecule has 0 spiro atoms. The van der Waals surface area contributed by atoms with Gasteiger partial charge in [-0.1, -0.05) is 31.2 Å². The average molecular weight is 651 g/mol. The molecule has 2 amide bonds. The Morgan fingerprint density at radius 1 is 0.957 bits per heavy atom. The topological polar surface area (TPSA) is 108 Å². The molecule has 6 aromatic rings. The number of fused-ring (bicyclic) bond motifs is 1. The van der Waals surface area contributed by atoms with Crippen molar-refractivity contribution in [1.29, 1.82) is 0 Å². The second-order valence-electron chi connectivity index (χ2n) is 10.9. The summed E-state index contributed by atoms with van der Waals surface area (Å²) < 4.78 is 30.4. The fourth-order valence-corrected chi connectivity index (χ4v) is 6.29. The number of thiazole rings is 1. The van der Waals surface area contributed by atoms with Gasteiger partial charge < -0.3 is 15.5 Å². The molecule has 0 unspecified atom stereocenters. The van der Waals surface area contributed by atoms with Gasteiger partial charge in [0, 0.05) is 53.5 Å². The van der Waals surface area contributed by atoms with E-state index in [1.165, 1.54) is 17.4 Å². The number of nitrogens with zero attached hydrogens (tertiary/aromatic N) is 6. The lowest BCUT2D eigenvalue weighted by atomic mass is 10.1. The van der Waals surface area contributed by atoms with Crippen molar-refractivity contribution >= 4 is 51.1 Å².